The van der Waals surface area contributed by atoms with E-state index in [1.807, 2.05) is 0 Å². The van der Waals surface area contributed by atoms with Crippen molar-refractivity contribution < 1.29 is 9.53 Å². The van der Waals surface area contributed by atoms with Crippen molar-refractivity contribution in [3.05, 3.63) is 95.1 Å². The molecule has 2 fully saturated rings. The van der Waals surface area contributed by atoms with Crippen molar-refractivity contribution in [2.45, 2.75) is 76.7 Å². The largest absolute Gasteiger partial charge is 0.488 e. The van der Waals surface area contributed by atoms with Gasteiger partial charge in [-0.25, -0.2) is 0 Å². The number of fused-ring (bicyclic) bond motifs is 1. The Hall–Kier alpha value is -3.07. The van der Waals surface area contributed by atoms with E-state index in [9.17, 15) is 4.79 Å². The lowest BCUT2D eigenvalue weighted by Gasteiger charge is -2.47. The van der Waals surface area contributed by atoms with Crippen LogP contribution in [0, 0.1) is 5.41 Å². The third-order valence-corrected chi connectivity index (χ3v) is 8.81. The lowest BCUT2D eigenvalue weighted by atomic mass is 9.62. The van der Waals surface area contributed by atoms with Gasteiger partial charge in [0.1, 0.15) is 17.1 Å². The van der Waals surface area contributed by atoms with E-state index in [1.165, 1.54) is 27.9 Å². The number of hydrogen-bond acceptors (Lipinski definition) is 3. The molecule has 3 nitrogen and oxygen atoms in total. The standard InChI is InChI=1S/C34H39NO2/c1-33(2,3)37-29-14-16-31-26(21-29)11-15-30(24-7-5-4-6-8-24)32(31)25-9-12-27(13-10-25)35-19-17-34(18-20-35)22-28(36)23-34/h4-10,12-14,16,21,30,32H,11,15,17-20,22-23H2,1-3H3/t30-,32+/m1/s1. The van der Waals surface area contributed by atoms with Gasteiger partial charge in [-0.15, -0.1) is 0 Å². The predicted octanol–water partition coefficient (Wildman–Crippen LogP) is 7.68. The van der Waals surface area contributed by atoms with Gasteiger partial charge >= 0.3 is 0 Å². The summed E-state index contributed by atoms with van der Waals surface area (Å²) in [6.07, 6.45) is 6.11. The third-order valence-electron chi connectivity index (χ3n) is 8.81. The molecule has 3 aromatic carbocycles. The van der Waals surface area contributed by atoms with Crippen molar-refractivity contribution in [3.63, 3.8) is 0 Å². The van der Waals surface area contributed by atoms with E-state index < -0.39 is 0 Å². The second-order valence-electron chi connectivity index (χ2n) is 12.6. The van der Waals surface area contributed by atoms with E-state index in [4.69, 9.17) is 4.74 Å². The van der Waals surface area contributed by atoms with Crippen molar-refractivity contribution in [2.24, 2.45) is 5.41 Å². The molecule has 0 amide bonds. The van der Waals surface area contributed by atoms with Gasteiger partial charge in [-0.3, -0.25) is 4.79 Å². The van der Waals surface area contributed by atoms with E-state index in [0.717, 1.165) is 57.4 Å². The molecule has 2 aliphatic carbocycles. The Balaban J connectivity index is 1.28. The molecular formula is C34H39NO2. The van der Waals surface area contributed by atoms with E-state index in [0.29, 0.717) is 23.0 Å². The van der Waals surface area contributed by atoms with E-state index >= 15 is 0 Å². The van der Waals surface area contributed by atoms with Crippen molar-refractivity contribution in [1.29, 1.82) is 0 Å². The molecule has 1 saturated carbocycles. The van der Waals surface area contributed by atoms with Gasteiger partial charge in [-0.05, 0) is 104 Å². The Bertz CT molecular complexity index is 1250. The van der Waals surface area contributed by atoms with Gasteiger partial charge in [-0.2, -0.15) is 0 Å². The van der Waals surface area contributed by atoms with Gasteiger partial charge in [0.05, 0.1) is 0 Å². The summed E-state index contributed by atoms with van der Waals surface area (Å²) in [6.45, 7) is 8.44. The summed E-state index contributed by atoms with van der Waals surface area (Å²) in [5.41, 5.74) is 7.09. The molecule has 3 aromatic rings. The number of piperidine rings is 1. The maximum atomic E-state index is 11.6. The van der Waals surface area contributed by atoms with Gasteiger partial charge in [0.25, 0.3) is 0 Å². The topological polar surface area (TPSA) is 29.5 Å². The summed E-state index contributed by atoms with van der Waals surface area (Å²) >= 11 is 0. The van der Waals surface area contributed by atoms with Gasteiger partial charge in [0.15, 0.2) is 0 Å². The monoisotopic (exact) mass is 493 g/mol. The molecule has 3 heteroatoms. The van der Waals surface area contributed by atoms with Crippen LogP contribution in [0.4, 0.5) is 5.69 Å². The van der Waals surface area contributed by atoms with Crippen LogP contribution in [0.15, 0.2) is 72.8 Å². The van der Waals surface area contributed by atoms with Crippen LogP contribution in [0.1, 0.15) is 87.0 Å². The molecule has 6 rings (SSSR count). The highest BCUT2D eigenvalue weighted by Gasteiger charge is 2.45. The zero-order valence-corrected chi connectivity index (χ0v) is 22.5. The number of hydrogen-bond donors (Lipinski definition) is 0. The molecule has 0 bridgehead atoms. The number of ether oxygens (including phenoxy) is 1. The Kier molecular flexibility index (Phi) is 6.13. The van der Waals surface area contributed by atoms with Crippen molar-refractivity contribution in [3.8, 4) is 5.75 Å². The van der Waals surface area contributed by atoms with Gasteiger partial charge < -0.3 is 9.64 Å². The number of rotatable bonds is 4. The van der Waals surface area contributed by atoms with Crippen molar-refractivity contribution in [2.75, 3.05) is 18.0 Å². The fourth-order valence-electron chi connectivity index (χ4n) is 6.95. The van der Waals surface area contributed by atoms with Crippen LogP contribution < -0.4 is 9.64 Å². The van der Waals surface area contributed by atoms with E-state index in [1.54, 1.807) is 0 Å². The number of ketones is 1. The number of anilines is 1. The van der Waals surface area contributed by atoms with E-state index in [-0.39, 0.29) is 5.60 Å². The SMILES string of the molecule is CC(C)(C)Oc1ccc2c(c1)CC[C@H](c1ccccc1)[C@@H]2c1ccc(N2CCC3(CC2)CC(=O)C3)cc1. The summed E-state index contributed by atoms with van der Waals surface area (Å²) < 4.78 is 6.21. The second kappa shape index (κ2) is 9.35. The number of carbonyl (C=O) groups is 1. The first-order valence-electron chi connectivity index (χ1n) is 14.0. The molecule has 1 spiro atoms. The molecular weight excluding hydrogens is 454 g/mol. The minimum atomic E-state index is -0.201. The summed E-state index contributed by atoms with van der Waals surface area (Å²) in [4.78, 5) is 14.1. The van der Waals surface area contributed by atoms with Gasteiger partial charge in [-0.1, -0.05) is 48.5 Å². The fourth-order valence-corrected chi connectivity index (χ4v) is 6.95. The first-order chi connectivity index (χ1) is 17.8. The molecule has 1 saturated heterocycles. The minimum Gasteiger partial charge on any atom is -0.488 e. The molecule has 0 radical (unpaired) electrons. The molecule has 2 atom stereocenters. The zero-order chi connectivity index (χ0) is 25.6. The summed E-state index contributed by atoms with van der Waals surface area (Å²) in [5, 5.41) is 0. The number of aryl methyl sites for hydroxylation is 1. The van der Waals surface area contributed by atoms with Crippen LogP contribution in [0.3, 0.4) is 0 Å². The zero-order valence-electron chi connectivity index (χ0n) is 22.5. The Morgan fingerprint density at radius 3 is 2.22 bits per heavy atom. The fraction of sp³-hybridized carbons (Fsp3) is 0.441. The third kappa shape index (κ3) is 4.93. The molecule has 0 aromatic heterocycles. The maximum absolute atomic E-state index is 11.6. The van der Waals surface area contributed by atoms with Crippen LogP contribution in [-0.2, 0) is 11.2 Å². The Labute approximate surface area is 221 Å². The second-order valence-corrected chi connectivity index (χ2v) is 12.6. The predicted molar refractivity (Wildman–Crippen MR) is 151 cm³/mol. The highest BCUT2D eigenvalue weighted by Crippen LogP contribution is 2.49. The first kappa shape index (κ1) is 24.3. The van der Waals surface area contributed by atoms with Crippen molar-refractivity contribution in [1.82, 2.24) is 0 Å². The summed E-state index contributed by atoms with van der Waals surface area (Å²) in [6, 6.07) is 27.2. The lowest BCUT2D eigenvalue weighted by Crippen LogP contribution is -2.47. The average molecular weight is 494 g/mol. The van der Waals surface area contributed by atoms with Crippen LogP contribution in [0.25, 0.3) is 0 Å². The average Bonchev–Trinajstić information content (AvgIpc) is 2.87. The molecule has 1 aliphatic heterocycles. The van der Waals surface area contributed by atoms with Crippen LogP contribution in [-0.4, -0.2) is 24.5 Å². The summed E-state index contributed by atoms with van der Waals surface area (Å²) in [5.74, 6) is 2.21. The Morgan fingerprint density at radius 2 is 1.57 bits per heavy atom. The number of nitrogens with zero attached hydrogens (tertiary/aromatic N) is 1. The quantitative estimate of drug-likeness (QED) is 0.373. The normalized spacial score (nSPS) is 22.9. The van der Waals surface area contributed by atoms with Crippen molar-refractivity contribution >= 4 is 11.5 Å². The molecule has 1 heterocycles. The lowest BCUT2D eigenvalue weighted by molar-refractivity contribution is -0.133. The van der Waals surface area contributed by atoms with Crippen LogP contribution in [0.5, 0.6) is 5.75 Å². The minimum absolute atomic E-state index is 0.201. The number of carbonyl (C=O) groups excluding carboxylic acids is 1. The molecule has 192 valence electrons. The molecule has 37 heavy (non-hydrogen) atoms. The maximum Gasteiger partial charge on any atom is 0.134 e. The van der Waals surface area contributed by atoms with Crippen LogP contribution >= 0.6 is 0 Å². The Morgan fingerprint density at radius 1 is 0.865 bits per heavy atom. The summed E-state index contributed by atoms with van der Waals surface area (Å²) in [7, 11) is 0. The molecule has 3 aliphatic rings. The smallest absolute Gasteiger partial charge is 0.134 e. The molecule has 0 unspecified atom stereocenters. The van der Waals surface area contributed by atoms with Gasteiger partial charge in [0.2, 0.25) is 0 Å². The highest BCUT2D eigenvalue weighted by molar-refractivity contribution is 5.86. The number of Topliss-reactive ketones (excluding diaryl/α,β-unsaturated/α-hetero) is 1. The number of benzene rings is 3. The van der Waals surface area contributed by atoms with Gasteiger partial charge in [0, 0.05) is 37.5 Å². The molecule has 0 N–H and O–H groups in total. The van der Waals surface area contributed by atoms with E-state index in [2.05, 4.69) is 98.5 Å². The highest BCUT2D eigenvalue weighted by atomic mass is 16.5. The first-order valence-corrected chi connectivity index (χ1v) is 14.0. The van der Waals surface area contributed by atoms with Crippen LogP contribution in [0.2, 0.25) is 0 Å².